The Balaban J connectivity index is 2.52. The molecule has 0 fully saturated rings. The molecule has 1 aromatic carbocycles. The molecule has 0 bridgehead atoms. The van der Waals surface area contributed by atoms with Gasteiger partial charge in [-0.3, -0.25) is 4.98 Å². The van der Waals surface area contributed by atoms with Gasteiger partial charge in [0.2, 0.25) is 0 Å². The molecule has 0 unspecified atom stereocenters. The van der Waals surface area contributed by atoms with E-state index in [-0.39, 0.29) is 6.61 Å². The predicted molar refractivity (Wildman–Crippen MR) is 64.1 cm³/mol. The van der Waals surface area contributed by atoms with Crippen molar-refractivity contribution >= 4 is 21.8 Å². The van der Waals surface area contributed by atoms with Gasteiger partial charge in [0, 0.05) is 23.3 Å². The number of aromatic nitrogens is 2. The first-order valence-electron chi connectivity index (χ1n) is 5.24. The van der Waals surface area contributed by atoms with Gasteiger partial charge in [-0.05, 0) is 12.1 Å². The van der Waals surface area contributed by atoms with Crippen LogP contribution in [0.3, 0.4) is 0 Å². The molecule has 0 saturated heterocycles. The van der Waals surface area contributed by atoms with Crippen LogP contribution in [-0.2, 0) is 13.7 Å². The molecule has 0 aliphatic heterocycles. The minimum Gasteiger partial charge on any atom is -0.390 e. The zero-order chi connectivity index (χ0) is 11.1. The van der Waals surface area contributed by atoms with Crippen molar-refractivity contribution in [1.29, 1.82) is 0 Å². The molecular formula is C13H12N2O. The summed E-state index contributed by atoms with van der Waals surface area (Å²) in [6.07, 6.45) is 1.82. The van der Waals surface area contributed by atoms with E-state index >= 15 is 0 Å². The van der Waals surface area contributed by atoms with Crippen LogP contribution in [0.1, 0.15) is 5.69 Å². The fourth-order valence-electron chi connectivity index (χ4n) is 2.18. The van der Waals surface area contributed by atoms with E-state index in [1.54, 1.807) is 0 Å². The van der Waals surface area contributed by atoms with Gasteiger partial charge in [0.05, 0.1) is 24.0 Å². The van der Waals surface area contributed by atoms with Crippen molar-refractivity contribution in [2.24, 2.45) is 7.05 Å². The summed E-state index contributed by atoms with van der Waals surface area (Å²) >= 11 is 0. The molecule has 2 aromatic heterocycles. The highest BCUT2D eigenvalue weighted by Crippen LogP contribution is 2.27. The highest BCUT2D eigenvalue weighted by Gasteiger charge is 2.08. The monoisotopic (exact) mass is 212 g/mol. The molecule has 3 heteroatoms. The van der Waals surface area contributed by atoms with E-state index in [0.717, 1.165) is 10.9 Å². The number of aliphatic hydroxyl groups excluding tert-OH is 1. The molecular weight excluding hydrogens is 200 g/mol. The van der Waals surface area contributed by atoms with Gasteiger partial charge in [-0.1, -0.05) is 18.2 Å². The smallest absolute Gasteiger partial charge is 0.0853 e. The Labute approximate surface area is 93.0 Å². The van der Waals surface area contributed by atoms with E-state index in [0.29, 0.717) is 5.69 Å². The lowest BCUT2D eigenvalue weighted by molar-refractivity contribution is 0.277. The summed E-state index contributed by atoms with van der Waals surface area (Å²) in [6, 6.07) is 10.2. The molecule has 0 radical (unpaired) electrons. The van der Waals surface area contributed by atoms with Crippen molar-refractivity contribution in [3.8, 4) is 0 Å². The van der Waals surface area contributed by atoms with Crippen molar-refractivity contribution < 1.29 is 5.11 Å². The van der Waals surface area contributed by atoms with Gasteiger partial charge in [-0.2, -0.15) is 0 Å². The first-order chi connectivity index (χ1) is 7.81. The fourth-order valence-corrected chi connectivity index (χ4v) is 2.18. The molecule has 2 heterocycles. The van der Waals surface area contributed by atoms with Crippen LogP contribution in [0.5, 0.6) is 0 Å². The summed E-state index contributed by atoms with van der Waals surface area (Å²) in [5.74, 6) is 0. The zero-order valence-electron chi connectivity index (χ0n) is 9.01. The predicted octanol–water partition coefficient (Wildman–Crippen LogP) is 2.22. The Morgan fingerprint density at radius 2 is 2.00 bits per heavy atom. The normalized spacial score (nSPS) is 11.4. The SMILES string of the molecule is Cn1c2ccccc2c2cc(CO)ncc21. The largest absolute Gasteiger partial charge is 0.390 e. The van der Waals surface area contributed by atoms with Crippen LogP contribution in [0, 0.1) is 0 Å². The number of benzene rings is 1. The summed E-state index contributed by atoms with van der Waals surface area (Å²) in [5, 5.41) is 11.5. The van der Waals surface area contributed by atoms with Crippen LogP contribution in [0.25, 0.3) is 21.8 Å². The second-order valence-corrected chi connectivity index (χ2v) is 3.93. The Kier molecular flexibility index (Phi) is 1.94. The number of aryl methyl sites for hydroxylation is 1. The molecule has 1 N–H and O–H groups in total. The van der Waals surface area contributed by atoms with Crippen molar-refractivity contribution in [3.63, 3.8) is 0 Å². The maximum absolute atomic E-state index is 9.11. The van der Waals surface area contributed by atoms with Crippen LogP contribution in [0.15, 0.2) is 36.5 Å². The second kappa shape index (κ2) is 3.32. The third-order valence-corrected chi connectivity index (χ3v) is 3.02. The summed E-state index contributed by atoms with van der Waals surface area (Å²) in [4.78, 5) is 4.21. The highest BCUT2D eigenvalue weighted by molar-refractivity contribution is 6.07. The van der Waals surface area contributed by atoms with Crippen LogP contribution in [0.2, 0.25) is 0 Å². The van der Waals surface area contributed by atoms with Crippen LogP contribution in [-0.4, -0.2) is 14.7 Å². The van der Waals surface area contributed by atoms with E-state index in [1.807, 2.05) is 31.4 Å². The zero-order valence-corrected chi connectivity index (χ0v) is 9.01. The number of fused-ring (bicyclic) bond motifs is 3. The average Bonchev–Trinajstić information content (AvgIpc) is 2.64. The molecule has 3 aromatic rings. The number of pyridine rings is 1. The first kappa shape index (κ1) is 9.36. The summed E-state index contributed by atoms with van der Waals surface area (Å²) in [5.41, 5.74) is 3.00. The lowest BCUT2D eigenvalue weighted by Crippen LogP contribution is -1.90. The number of hydrogen-bond donors (Lipinski definition) is 1. The molecule has 0 atom stereocenters. The Morgan fingerprint density at radius 1 is 1.19 bits per heavy atom. The van der Waals surface area contributed by atoms with Crippen LogP contribution < -0.4 is 0 Å². The first-order valence-corrected chi connectivity index (χ1v) is 5.24. The van der Waals surface area contributed by atoms with E-state index in [4.69, 9.17) is 5.11 Å². The number of para-hydroxylation sites is 1. The summed E-state index contributed by atoms with van der Waals surface area (Å²) < 4.78 is 2.12. The Morgan fingerprint density at radius 3 is 2.81 bits per heavy atom. The molecule has 0 saturated carbocycles. The van der Waals surface area contributed by atoms with Crippen molar-refractivity contribution in [2.45, 2.75) is 6.61 Å². The van der Waals surface area contributed by atoms with Gasteiger partial charge < -0.3 is 9.67 Å². The van der Waals surface area contributed by atoms with Crippen LogP contribution >= 0.6 is 0 Å². The quantitative estimate of drug-likeness (QED) is 0.671. The van der Waals surface area contributed by atoms with Gasteiger partial charge >= 0.3 is 0 Å². The molecule has 80 valence electrons. The fraction of sp³-hybridized carbons (Fsp3) is 0.154. The lowest BCUT2D eigenvalue weighted by atomic mass is 10.2. The third kappa shape index (κ3) is 1.15. The second-order valence-electron chi connectivity index (χ2n) is 3.93. The molecule has 0 amide bonds. The molecule has 0 spiro atoms. The Hall–Kier alpha value is -1.87. The van der Waals surface area contributed by atoms with Gasteiger partial charge in [0.15, 0.2) is 0 Å². The lowest BCUT2D eigenvalue weighted by Gasteiger charge is -1.98. The average molecular weight is 212 g/mol. The molecule has 0 aliphatic carbocycles. The van der Waals surface area contributed by atoms with E-state index < -0.39 is 0 Å². The molecule has 3 nitrogen and oxygen atoms in total. The van der Waals surface area contributed by atoms with E-state index in [1.165, 1.54) is 10.9 Å². The number of hydrogen-bond acceptors (Lipinski definition) is 2. The molecule has 16 heavy (non-hydrogen) atoms. The number of aliphatic hydroxyl groups is 1. The third-order valence-electron chi connectivity index (χ3n) is 3.02. The minimum atomic E-state index is -0.0147. The van der Waals surface area contributed by atoms with E-state index in [9.17, 15) is 0 Å². The maximum Gasteiger partial charge on any atom is 0.0853 e. The topological polar surface area (TPSA) is 38.0 Å². The highest BCUT2D eigenvalue weighted by atomic mass is 16.3. The minimum absolute atomic E-state index is 0.0147. The van der Waals surface area contributed by atoms with Crippen molar-refractivity contribution in [1.82, 2.24) is 9.55 Å². The summed E-state index contributed by atoms with van der Waals surface area (Å²) in [7, 11) is 2.03. The molecule has 3 rings (SSSR count). The number of rotatable bonds is 1. The van der Waals surface area contributed by atoms with Crippen molar-refractivity contribution in [2.75, 3.05) is 0 Å². The van der Waals surface area contributed by atoms with Gasteiger partial charge in [-0.15, -0.1) is 0 Å². The van der Waals surface area contributed by atoms with Crippen molar-refractivity contribution in [3.05, 3.63) is 42.2 Å². The van der Waals surface area contributed by atoms with Gasteiger partial charge in [-0.25, -0.2) is 0 Å². The number of nitrogens with zero attached hydrogens (tertiary/aromatic N) is 2. The van der Waals surface area contributed by atoms with Gasteiger partial charge in [0.25, 0.3) is 0 Å². The van der Waals surface area contributed by atoms with Crippen LogP contribution in [0.4, 0.5) is 0 Å². The van der Waals surface area contributed by atoms with E-state index in [2.05, 4.69) is 21.7 Å². The Bertz CT molecular complexity index is 670. The van der Waals surface area contributed by atoms with Gasteiger partial charge in [0.1, 0.15) is 0 Å². The molecule has 0 aliphatic rings. The standard InChI is InChI=1S/C13H12N2O/c1-15-12-5-3-2-4-10(12)11-6-9(8-16)14-7-13(11)15/h2-7,16H,8H2,1H3. The maximum atomic E-state index is 9.11. The summed E-state index contributed by atoms with van der Waals surface area (Å²) in [6.45, 7) is -0.0147.